The first-order valence-corrected chi connectivity index (χ1v) is 10.8. The van der Waals surface area contributed by atoms with Crippen molar-refractivity contribution in [2.24, 2.45) is 11.8 Å². The molecule has 7 heteroatoms. The fourth-order valence-corrected chi connectivity index (χ4v) is 3.89. The molecule has 1 aliphatic carbocycles. The number of anilines is 2. The summed E-state index contributed by atoms with van der Waals surface area (Å²) in [5.41, 5.74) is 5.28. The molecule has 2 rings (SSSR count). The molecule has 0 saturated heterocycles. The van der Waals surface area contributed by atoms with Crippen molar-refractivity contribution in [3.05, 3.63) is 20.8 Å². The van der Waals surface area contributed by atoms with Crippen molar-refractivity contribution in [3.8, 4) is 0 Å². The normalized spacial score (nSPS) is 14.7. The molecule has 158 valence electrons. The van der Waals surface area contributed by atoms with E-state index in [0.717, 1.165) is 25.7 Å². The summed E-state index contributed by atoms with van der Waals surface area (Å²) >= 11 is 0. The highest BCUT2D eigenvalue weighted by atomic mass is 16.2. The lowest BCUT2D eigenvalue weighted by molar-refractivity contribution is -0.119. The molecule has 1 fully saturated rings. The van der Waals surface area contributed by atoms with Crippen molar-refractivity contribution < 1.29 is 4.79 Å². The van der Waals surface area contributed by atoms with Gasteiger partial charge in [0.1, 0.15) is 5.82 Å². The van der Waals surface area contributed by atoms with Crippen LogP contribution in [0.1, 0.15) is 78.6 Å². The standard InChI is InChI=1S/C21H36N4O3/c1-4-5-13-25-19(22)18(20(27)23-21(25)28)24(14-12-15(2)3)17(26)11-10-16-8-6-7-9-16/h15-16H,4-14,22H2,1-3H3,(H,23,27,28). The highest BCUT2D eigenvalue weighted by Gasteiger charge is 2.25. The topological polar surface area (TPSA) is 101 Å². The van der Waals surface area contributed by atoms with Gasteiger partial charge in [-0.2, -0.15) is 0 Å². The summed E-state index contributed by atoms with van der Waals surface area (Å²) < 4.78 is 1.38. The van der Waals surface area contributed by atoms with E-state index in [1.165, 1.54) is 35.2 Å². The second kappa shape index (κ2) is 10.5. The summed E-state index contributed by atoms with van der Waals surface area (Å²) in [4.78, 5) is 41.7. The summed E-state index contributed by atoms with van der Waals surface area (Å²) in [6.45, 7) is 7.04. The van der Waals surface area contributed by atoms with Crippen LogP contribution >= 0.6 is 0 Å². The summed E-state index contributed by atoms with van der Waals surface area (Å²) in [6, 6.07) is 0. The molecule has 0 radical (unpaired) electrons. The van der Waals surface area contributed by atoms with E-state index < -0.39 is 11.2 Å². The number of H-pyrrole nitrogens is 1. The maximum atomic E-state index is 13.1. The minimum absolute atomic E-state index is 0.0783. The van der Waals surface area contributed by atoms with Crippen LogP contribution in [0.2, 0.25) is 0 Å². The van der Waals surface area contributed by atoms with Crippen LogP contribution in [0, 0.1) is 11.8 Å². The molecule has 28 heavy (non-hydrogen) atoms. The Labute approximate surface area is 167 Å². The van der Waals surface area contributed by atoms with E-state index in [1.807, 2.05) is 6.92 Å². The van der Waals surface area contributed by atoms with Gasteiger partial charge >= 0.3 is 5.69 Å². The van der Waals surface area contributed by atoms with Crippen molar-refractivity contribution in [1.29, 1.82) is 0 Å². The van der Waals surface area contributed by atoms with Gasteiger partial charge in [-0.1, -0.05) is 52.9 Å². The second-order valence-corrected chi connectivity index (χ2v) is 8.42. The van der Waals surface area contributed by atoms with Gasteiger partial charge in [-0.25, -0.2) is 4.79 Å². The van der Waals surface area contributed by atoms with Gasteiger partial charge in [0.25, 0.3) is 5.56 Å². The molecule has 0 aliphatic heterocycles. The first-order valence-electron chi connectivity index (χ1n) is 10.8. The Morgan fingerprint density at radius 1 is 1.29 bits per heavy atom. The molecule has 0 bridgehead atoms. The number of nitrogens with zero attached hydrogens (tertiary/aromatic N) is 2. The summed E-state index contributed by atoms with van der Waals surface area (Å²) in [6.07, 6.45) is 8.56. The number of carbonyl (C=O) groups is 1. The lowest BCUT2D eigenvalue weighted by Gasteiger charge is -2.26. The molecule has 7 nitrogen and oxygen atoms in total. The Hall–Kier alpha value is -2.05. The number of hydrogen-bond donors (Lipinski definition) is 2. The molecule has 0 spiro atoms. The van der Waals surface area contributed by atoms with Gasteiger partial charge < -0.3 is 10.6 Å². The van der Waals surface area contributed by atoms with Gasteiger partial charge in [-0.05, 0) is 31.1 Å². The van der Waals surface area contributed by atoms with Gasteiger partial charge in [0.05, 0.1) is 0 Å². The Bertz CT molecular complexity index is 760. The Kier molecular flexibility index (Phi) is 8.33. The van der Waals surface area contributed by atoms with E-state index in [-0.39, 0.29) is 17.4 Å². The van der Waals surface area contributed by atoms with Crippen LogP contribution in [0.3, 0.4) is 0 Å². The molecular formula is C21H36N4O3. The molecule has 1 saturated carbocycles. The Morgan fingerprint density at radius 3 is 2.57 bits per heavy atom. The SMILES string of the molecule is CCCCn1c(N)c(N(CCC(C)C)C(=O)CCC2CCCC2)c(=O)[nH]c1=O. The fraction of sp³-hybridized carbons (Fsp3) is 0.762. The predicted octanol–water partition coefficient (Wildman–Crippen LogP) is 3.27. The quantitative estimate of drug-likeness (QED) is 0.638. The van der Waals surface area contributed by atoms with Gasteiger partial charge in [-0.15, -0.1) is 0 Å². The smallest absolute Gasteiger partial charge is 0.330 e. The number of rotatable bonds is 10. The number of aromatic nitrogens is 2. The van der Waals surface area contributed by atoms with Crippen molar-refractivity contribution >= 4 is 17.4 Å². The average molecular weight is 393 g/mol. The number of amides is 1. The van der Waals surface area contributed by atoms with Gasteiger partial charge in [-0.3, -0.25) is 19.1 Å². The first kappa shape index (κ1) is 22.2. The van der Waals surface area contributed by atoms with Crippen LogP contribution in [0.25, 0.3) is 0 Å². The molecule has 0 unspecified atom stereocenters. The van der Waals surface area contributed by atoms with Crippen LogP contribution in [0.15, 0.2) is 9.59 Å². The number of carbonyl (C=O) groups excluding carboxylic acids is 1. The summed E-state index contributed by atoms with van der Waals surface area (Å²) in [7, 11) is 0. The van der Waals surface area contributed by atoms with Crippen molar-refractivity contribution in [3.63, 3.8) is 0 Å². The summed E-state index contributed by atoms with van der Waals surface area (Å²) in [5, 5.41) is 0. The molecule has 0 atom stereocenters. The van der Waals surface area contributed by atoms with Gasteiger partial charge in [0.2, 0.25) is 5.91 Å². The van der Waals surface area contributed by atoms with Crippen LogP contribution in [0.4, 0.5) is 11.5 Å². The maximum Gasteiger partial charge on any atom is 0.330 e. The van der Waals surface area contributed by atoms with E-state index in [9.17, 15) is 14.4 Å². The van der Waals surface area contributed by atoms with Crippen LogP contribution in [-0.2, 0) is 11.3 Å². The van der Waals surface area contributed by atoms with Crippen LogP contribution in [-0.4, -0.2) is 22.0 Å². The zero-order valence-electron chi connectivity index (χ0n) is 17.6. The van der Waals surface area contributed by atoms with E-state index in [2.05, 4.69) is 18.8 Å². The zero-order chi connectivity index (χ0) is 20.7. The van der Waals surface area contributed by atoms with Crippen LogP contribution in [0.5, 0.6) is 0 Å². The molecule has 1 aliphatic rings. The predicted molar refractivity (Wildman–Crippen MR) is 114 cm³/mol. The molecule has 1 amide bonds. The van der Waals surface area contributed by atoms with Gasteiger partial charge in [0, 0.05) is 19.5 Å². The Balaban J connectivity index is 2.31. The van der Waals surface area contributed by atoms with Gasteiger partial charge in [0.15, 0.2) is 5.69 Å². The second-order valence-electron chi connectivity index (χ2n) is 8.42. The third-order valence-corrected chi connectivity index (χ3v) is 5.69. The third-order valence-electron chi connectivity index (χ3n) is 5.69. The highest BCUT2D eigenvalue weighted by molar-refractivity contribution is 5.95. The van der Waals surface area contributed by atoms with E-state index in [4.69, 9.17) is 5.73 Å². The molecule has 1 heterocycles. The highest BCUT2D eigenvalue weighted by Crippen LogP contribution is 2.29. The minimum atomic E-state index is -0.576. The van der Waals surface area contributed by atoms with Crippen LogP contribution < -0.4 is 21.9 Å². The van der Waals surface area contributed by atoms with E-state index in [1.54, 1.807) is 0 Å². The maximum absolute atomic E-state index is 13.1. The number of nitrogen functional groups attached to an aromatic ring is 1. The average Bonchev–Trinajstić information content (AvgIpc) is 3.15. The van der Waals surface area contributed by atoms with E-state index in [0.29, 0.717) is 31.3 Å². The molecule has 0 aromatic carbocycles. The third kappa shape index (κ3) is 5.72. The first-order chi connectivity index (χ1) is 13.3. The Morgan fingerprint density at radius 2 is 1.96 bits per heavy atom. The monoisotopic (exact) mass is 392 g/mol. The molecule has 3 N–H and O–H groups in total. The zero-order valence-corrected chi connectivity index (χ0v) is 17.6. The lowest BCUT2D eigenvalue weighted by atomic mass is 10.0. The molecule has 1 aromatic heterocycles. The number of unbranched alkanes of at least 4 members (excludes halogenated alkanes) is 1. The molecule has 1 aromatic rings. The lowest BCUT2D eigenvalue weighted by Crippen LogP contribution is -2.42. The largest absolute Gasteiger partial charge is 0.383 e. The van der Waals surface area contributed by atoms with Crippen molar-refractivity contribution in [1.82, 2.24) is 9.55 Å². The number of nitrogens with two attached hydrogens (primary N) is 1. The van der Waals surface area contributed by atoms with Crippen molar-refractivity contribution in [2.45, 2.75) is 85.1 Å². The number of aromatic amines is 1. The minimum Gasteiger partial charge on any atom is -0.383 e. The van der Waals surface area contributed by atoms with Crippen molar-refractivity contribution in [2.75, 3.05) is 17.2 Å². The fourth-order valence-electron chi connectivity index (χ4n) is 3.89. The van der Waals surface area contributed by atoms with E-state index >= 15 is 0 Å². The number of hydrogen-bond acceptors (Lipinski definition) is 4. The summed E-state index contributed by atoms with van der Waals surface area (Å²) in [5.74, 6) is 1.01. The number of nitrogens with one attached hydrogen (secondary N) is 1. The molecular weight excluding hydrogens is 356 g/mol.